The van der Waals surface area contributed by atoms with Gasteiger partial charge in [0.2, 0.25) is 0 Å². The number of benzene rings is 1. The minimum atomic E-state index is 0.546. The summed E-state index contributed by atoms with van der Waals surface area (Å²) in [5, 5.41) is 6.59. The van der Waals surface area contributed by atoms with Crippen molar-refractivity contribution in [2.75, 3.05) is 45.2 Å². The molecule has 1 aromatic heterocycles. The van der Waals surface area contributed by atoms with E-state index in [9.17, 15) is 0 Å². The van der Waals surface area contributed by atoms with E-state index in [0.717, 1.165) is 48.8 Å². The van der Waals surface area contributed by atoms with Crippen LogP contribution >= 0.6 is 0 Å². The number of hydrogen-bond donors (Lipinski definition) is 2. The fourth-order valence-corrected chi connectivity index (χ4v) is 3.79. The molecule has 3 rings (SSSR count). The molecule has 2 N–H and O–H groups in total. The van der Waals surface area contributed by atoms with Crippen molar-refractivity contribution in [3.8, 4) is 11.5 Å². The second kappa shape index (κ2) is 14.1. The first-order valence-electron chi connectivity index (χ1n) is 12.0. The average Bonchev–Trinajstić information content (AvgIpc) is 3.36. The Morgan fingerprint density at radius 3 is 2.85 bits per heavy atom. The molecule has 0 amide bonds. The number of ether oxygens (including phenoxy) is 2. The number of pyridine rings is 1. The molecule has 0 aliphatic carbocycles. The number of hydrogen-bond acceptors (Lipinski definition) is 7. The van der Waals surface area contributed by atoms with Gasteiger partial charge in [-0.2, -0.15) is 0 Å². The molecular formula is C27H37N5O2. The number of nitrogens with zero attached hydrogens (tertiary/aromatic N) is 3. The molecule has 7 heteroatoms. The van der Waals surface area contributed by atoms with Crippen molar-refractivity contribution in [3.05, 3.63) is 72.5 Å². The topological polar surface area (TPSA) is 71.0 Å². The van der Waals surface area contributed by atoms with Crippen LogP contribution in [0.2, 0.25) is 0 Å². The molecule has 0 unspecified atom stereocenters. The highest BCUT2D eigenvalue weighted by Crippen LogP contribution is 2.30. The van der Waals surface area contributed by atoms with Crippen LogP contribution in [0.4, 0.5) is 5.69 Å². The van der Waals surface area contributed by atoms with Crippen LogP contribution in [0.5, 0.6) is 11.5 Å². The maximum absolute atomic E-state index is 6.01. The van der Waals surface area contributed by atoms with Crippen LogP contribution in [0.15, 0.2) is 71.9 Å². The van der Waals surface area contributed by atoms with Gasteiger partial charge in [0, 0.05) is 49.1 Å². The van der Waals surface area contributed by atoms with Crippen LogP contribution in [-0.4, -0.2) is 56.0 Å². The molecule has 0 atom stereocenters. The van der Waals surface area contributed by atoms with Crippen molar-refractivity contribution in [3.63, 3.8) is 0 Å². The van der Waals surface area contributed by atoms with Gasteiger partial charge < -0.3 is 25.0 Å². The van der Waals surface area contributed by atoms with Crippen molar-refractivity contribution < 1.29 is 9.47 Å². The van der Waals surface area contributed by atoms with Crippen LogP contribution in [-0.2, 0) is 6.42 Å². The molecule has 2 aromatic rings. The third-order valence-corrected chi connectivity index (χ3v) is 5.62. The summed E-state index contributed by atoms with van der Waals surface area (Å²) < 4.78 is 11.5. The van der Waals surface area contributed by atoms with Gasteiger partial charge in [0.05, 0.1) is 13.7 Å². The van der Waals surface area contributed by atoms with Gasteiger partial charge in [-0.3, -0.25) is 4.98 Å². The highest BCUT2D eigenvalue weighted by Gasteiger charge is 2.11. The van der Waals surface area contributed by atoms with Gasteiger partial charge >= 0.3 is 0 Å². The minimum Gasteiger partial charge on any atom is -0.493 e. The fraction of sp³-hybridized carbons (Fsp3) is 0.407. The largest absolute Gasteiger partial charge is 0.493 e. The average molecular weight is 464 g/mol. The zero-order chi connectivity index (χ0) is 24.0. The number of aromatic nitrogens is 1. The van der Waals surface area contributed by atoms with E-state index in [0.29, 0.717) is 12.4 Å². The molecule has 0 saturated carbocycles. The summed E-state index contributed by atoms with van der Waals surface area (Å²) in [6, 6.07) is 9.78. The summed E-state index contributed by atoms with van der Waals surface area (Å²) >= 11 is 0. The quantitative estimate of drug-likeness (QED) is 0.314. The molecule has 2 heterocycles. The maximum atomic E-state index is 6.01. The molecule has 0 radical (unpaired) electrons. The maximum Gasteiger partial charge on any atom is 0.163 e. The fourth-order valence-electron chi connectivity index (χ4n) is 3.79. The van der Waals surface area contributed by atoms with Crippen molar-refractivity contribution in [2.45, 2.75) is 32.6 Å². The number of anilines is 1. The summed E-state index contributed by atoms with van der Waals surface area (Å²) in [7, 11) is 1.65. The summed E-state index contributed by atoms with van der Waals surface area (Å²) in [6.45, 7) is 11.0. The standard InChI is InChI=1S/C27H37N5O2/c1-22(29-15-12-24-8-6-13-28-21-24)11-14-30-23(2)31-25-9-10-26(33-3)27(20-25)34-19-7-18-32-16-4-5-17-32/h6,8-11,13-14,20-21,29,31H,2,4-5,7,12,15-19H2,1,3H3/b22-11+,30-14-. The van der Waals surface area contributed by atoms with Crippen molar-refractivity contribution in [2.24, 2.45) is 4.99 Å². The number of likely N-dealkylation sites (tertiary alicyclic amines) is 1. The van der Waals surface area contributed by atoms with E-state index < -0.39 is 0 Å². The predicted molar refractivity (Wildman–Crippen MR) is 140 cm³/mol. The summed E-state index contributed by atoms with van der Waals surface area (Å²) in [5.41, 5.74) is 3.10. The molecule has 0 bridgehead atoms. The Morgan fingerprint density at radius 2 is 2.09 bits per heavy atom. The molecule has 1 aromatic carbocycles. The highest BCUT2D eigenvalue weighted by atomic mass is 16.5. The predicted octanol–water partition coefficient (Wildman–Crippen LogP) is 4.64. The van der Waals surface area contributed by atoms with Gasteiger partial charge in [0.1, 0.15) is 5.82 Å². The summed E-state index contributed by atoms with van der Waals surface area (Å²) in [6.07, 6.45) is 11.9. The molecule has 182 valence electrons. The summed E-state index contributed by atoms with van der Waals surface area (Å²) in [4.78, 5) is 11.0. The normalized spacial score (nSPS) is 14.4. The SMILES string of the molecule is C=C(/N=C\C=C(/C)NCCc1cccnc1)Nc1ccc(OC)c(OCCCN2CCCC2)c1. The lowest BCUT2D eigenvalue weighted by atomic mass is 10.2. The van der Waals surface area contributed by atoms with E-state index in [1.807, 2.05) is 43.5 Å². The Balaban J connectivity index is 1.43. The molecule has 1 saturated heterocycles. The second-order valence-corrected chi connectivity index (χ2v) is 8.35. The van der Waals surface area contributed by atoms with Crippen molar-refractivity contribution in [1.82, 2.24) is 15.2 Å². The Kier molecular flexibility index (Phi) is 10.5. The van der Waals surface area contributed by atoms with Gasteiger partial charge in [-0.1, -0.05) is 12.6 Å². The molecule has 1 fully saturated rings. The molecule has 7 nitrogen and oxygen atoms in total. The zero-order valence-electron chi connectivity index (χ0n) is 20.4. The highest BCUT2D eigenvalue weighted by molar-refractivity contribution is 5.73. The van der Waals surface area contributed by atoms with Crippen molar-refractivity contribution in [1.29, 1.82) is 0 Å². The monoisotopic (exact) mass is 463 g/mol. The Labute approximate surface area is 203 Å². The third kappa shape index (κ3) is 8.90. The third-order valence-electron chi connectivity index (χ3n) is 5.62. The number of allylic oxidation sites excluding steroid dienone is 2. The second-order valence-electron chi connectivity index (χ2n) is 8.35. The smallest absolute Gasteiger partial charge is 0.163 e. The number of rotatable bonds is 14. The first kappa shape index (κ1) is 25.3. The summed E-state index contributed by atoms with van der Waals surface area (Å²) in [5.74, 6) is 1.99. The van der Waals surface area contributed by atoms with E-state index in [4.69, 9.17) is 9.47 Å². The van der Waals surface area contributed by atoms with Crippen LogP contribution in [0, 0.1) is 0 Å². The van der Waals surface area contributed by atoms with E-state index in [-0.39, 0.29) is 0 Å². The molecule has 0 spiro atoms. The van der Waals surface area contributed by atoms with Crippen LogP contribution in [0.25, 0.3) is 0 Å². The van der Waals surface area contributed by atoms with E-state index in [1.54, 1.807) is 19.5 Å². The Bertz CT molecular complexity index is 953. The molecule has 34 heavy (non-hydrogen) atoms. The van der Waals surface area contributed by atoms with Crippen LogP contribution < -0.4 is 20.1 Å². The lowest BCUT2D eigenvalue weighted by molar-refractivity contribution is 0.254. The number of nitrogens with one attached hydrogen (secondary N) is 2. The lowest BCUT2D eigenvalue weighted by Gasteiger charge is -2.16. The van der Waals surface area contributed by atoms with Gasteiger partial charge in [-0.15, -0.1) is 0 Å². The van der Waals surface area contributed by atoms with E-state index in [1.165, 1.54) is 31.5 Å². The van der Waals surface area contributed by atoms with Gasteiger partial charge in [-0.25, -0.2) is 4.99 Å². The Hall–Kier alpha value is -3.32. The number of aliphatic imine (C=N–C) groups is 1. The van der Waals surface area contributed by atoms with Gasteiger partial charge in [0.15, 0.2) is 11.5 Å². The first-order chi connectivity index (χ1) is 16.6. The molecular weight excluding hydrogens is 426 g/mol. The lowest BCUT2D eigenvalue weighted by Crippen LogP contribution is -2.21. The Morgan fingerprint density at radius 1 is 1.24 bits per heavy atom. The van der Waals surface area contributed by atoms with Crippen LogP contribution in [0.3, 0.4) is 0 Å². The van der Waals surface area contributed by atoms with E-state index >= 15 is 0 Å². The van der Waals surface area contributed by atoms with Crippen molar-refractivity contribution >= 4 is 11.9 Å². The van der Waals surface area contributed by atoms with Gasteiger partial charge in [-0.05, 0) is 75.5 Å². The minimum absolute atomic E-state index is 0.546. The molecule has 1 aliphatic rings. The first-order valence-corrected chi connectivity index (χ1v) is 12.0. The van der Waals surface area contributed by atoms with Crippen LogP contribution in [0.1, 0.15) is 31.7 Å². The van der Waals surface area contributed by atoms with Gasteiger partial charge in [0.25, 0.3) is 0 Å². The molecule has 1 aliphatic heterocycles. The van der Waals surface area contributed by atoms with E-state index in [2.05, 4.69) is 38.2 Å². The zero-order valence-corrected chi connectivity index (χ0v) is 20.4. The number of methoxy groups -OCH3 is 1.